The van der Waals surface area contributed by atoms with E-state index >= 15 is 0 Å². The summed E-state index contributed by atoms with van der Waals surface area (Å²) >= 11 is 0. The van der Waals surface area contributed by atoms with Gasteiger partial charge >= 0.3 is 0 Å². The second-order valence-corrected chi connectivity index (χ2v) is 7.15. The van der Waals surface area contributed by atoms with Crippen LogP contribution in [0.3, 0.4) is 0 Å². The molecule has 1 aromatic rings. The van der Waals surface area contributed by atoms with Gasteiger partial charge in [0.05, 0.1) is 6.54 Å². The number of nitrogens with one attached hydrogen (secondary N) is 3. The van der Waals surface area contributed by atoms with Crippen molar-refractivity contribution in [3.05, 3.63) is 41.5 Å². The normalized spacial score (nSPS) is 17.3. The van der Waals surface area contributed by atoms with Crippen molar-refractivity contribution in [3.63, 3.8) is 0 Å². The molecule has 3 N–H and O–H groups in total. The van der Waals surface area contributed by atoms with E-state index in [9.17, 15) is 4.79 Å². The number of anilines is 1. The Balaban J connectivity index is 0.00000280. The van der Waals surface area contributed by atoms with Gasteiger partial charge in [0, 0.05) is 38.9 Å². The van der Waals surface area contributed by atoms with E-state index in [4.69, 9.17) is 0 Å². The van der Waals surface area contributed by atoms with Gasteiger partial charge in [0.25, 0.3) is 0 Å². The lowest BCUT2D eigenvalue weighted by molar-refractivity contribution is -0.120. The smallest absolute Gasteiger partial charge is 0.239 e. The number of nitrogens with zero attached hydrogens (tertiary/aromatic N) is 2. The minimum atomic E-state index is 0. The van der Waals surface area contributed by atoms with E-state index in [1.807, 2.05) is 0 Å². The van der Waals surface area contributed by atoms with Crippen LogP contribution in [-0.2, 0) is 11.3 Å². The first-order chi connectivity index (χ1) is 13.2. The van der Waals surface area contributed by atoms with Gasteiger partial charge in [-0.05, 0) is 49.8 Å². The van der Waals surface area contributed by atoms with Gasteiger partial charge in [-0.1, -0.05) is 23.8 Å². The molecule has 1 amide bonds. The average Bonchev–Trinajstić information content (AvgIpc) is 2.72. The summed E-state index contributed by atoms with van der Waals surface area (Å²) in [5.41, 5.74) is 3.86. The number of carbonyl (C=O) groups is 1. The Bertz CT molecular complexity index is 687. The minimum absolute atomic E-state index is 0. The van der Waals surface area contributed by atoms with Crippen LogP contribution < -0.4 is 20.9 Å². The van der Waals surface area contributed by atoms with Crippen LogP contribution in [0, 0.1) is 0 Å². The summed E-state index contributed by atoms with van der Waals surface area (Å²) in [6, 6.07) is 8.38. The molecule has 0 unspecified atom stereocenters. The van der Waals surface area contributed by atoms with Crippen molar-refractivity contribution in [2.45, 2.75) is 38.6 Å². The Labute approximate surface area is 185 Å². The van der Waals surface area contributed by atoms with E-state index in [-0.39, 0.29) is 29.9 Å². The zero-order valence-corrected chi connectivity index (χ0v) is 19.0. The quantitative estimate of drug-likeness (QED) is 0.245. The predicted octanol–water partition coefficient (Wildman–Crippen LogP) is 2.80. The van der Waals surface area contributed by atoms with Gasteiger partial charge in [-0.2, -0.15) is 0 Å². The van der Waals surface area contributed by atoms with Crippen LogP contribution in [0.15, 0.2) is 40.9 Å². The molecule has 1 saturated heterocycles. The Morgan fingerprint density at radius 2 is 2.04 bits per heavy atom. The molecule has 28 heavy (non-hydrogen) atoms. The number of rotatable bonds is 6. The summed E-state index contributed by atoms with van der Waals surface area (Å²) in [5.74, 6) is 0.925. The van der Waals surface area contributed by atoms with Gasteiger partial charge in [-0.15, -0.1) is 24.0 Å². The number of halogens is 1. The van der Waals surface area contributed by atoms with Gasteiger partial charge in [0.2, 0.25) is 5.91 Å². The highest BCUT2D eigenvalue weighted by molar-refractivity contribution is 14.0. The fourth-order valence-electron chi connectivity index (χ4n) is 3.56. The van der Waals surface area contributed by atoms with Gasteiger partial charge < -0.3 is 20.9 Å². The standard InChI is InChI=1S/C21H31N5O.HI/c1-22-21(24-12-11-17-5-3-2-4-6-17)25-15-18-7-9-19(10-8-18)26-14-13-23-20(27)16-26;/h5,7-10H,2-4,6,11-16H2,1H3,(H,23,27)(H2,22,24,25);1H. The summed E-state index contributed by atoms with van der Waals surface area (Å²) in [5, 5.41) is 9.63. The van der Waals surface area contributed by atoms with Crippen molar-refractivity contribution in [1.29, 1.82) is 0 Å². The molecule has 0 bridgehead atoms. The maximum atomic E-state index is 11.5. The van der Waals surface area contributed by atoms with E-state index < -0.39 is 0 Å². The molecule has 1 aliphatic heterocycles. The second kappa shape index (κ2) is 11.9. The van der Waals surface area contributed by atoms with Gasteiger partial charge in [-0.3, -0.25) is 9.79 Å². The molecule has 1 aliphatic carbocycles. The topological polar surface area (TPSA) is 68.8 Å². The average molecular weight is 497 g/mol. The second-order valence-electron chi connectivity index (χ2n) is 7.15. The molecule has 0 saturated carbocycles. The van der Waals surface area contributed by atoms with Crippen molar-refractivity contribution < 1.29 is 4.79 Å². The van der Waals surface area contributed by atoms with Crippen LogP contribution in [0.5, 0.6) is 0 Å². The Morgan fingerprint density at radius 3 is 2.71 bits per heavy atom. The first-order valence-corrected chi connectivity index (χ1v) is 9.97. The van der Waals surface area contributed by atoms with E-state index in [0.29, 0.717) is 13.1 Å². The molecule has 3 rings (SSSR count). The molecule has 0 spiro atoms. The predicted molar refractivity (Wildman–Crippen MR) is 126 cm³/mol. The minimum Gasteiger partial charge on any atom is -0.360 e. The monoisotopic (exact) mass is 497 g/mol. The fourth-order valence-corrected chi connectivity index (χ4v) is 3.56. The third-order valence-corrected chi connectivity index (χ3v) is 5.15. The Kier molecular flexibility index (Phi) is 9.60. The van der Waals surface area contributed by atoms with Gasteiger partial charge in [-0.25, -0.2) is 0 Å². The molecule has 1 aromatic carbocycles. The van der Waals surface area contributed by atoms with Crippen LogP contribution in [0.25, 0.3) is 0 Å². The lowest BCUT2D eigenvalue weighted by Crippen LogP contribution is -2.47. The summed E-state index contributed by atoms with van der Waals surface area (Å²) < 4.78 is 0. The lowest BCUT2D eigenvalue weighted by Gasteiger charge is -2.28. The van der Waals surface area contributed by atoms with Crippen LogP contribution in [0.1, 0.15) is 37.7 Å². The summed E-state index contributed by atoms with van der Waals surface area (Å²) in [6.45, 7) is 3.65. The molecule has 1 fully saturated rings. The SMILES string of the molecule is CN=C(NCCC1=CCCCC1)NCc1ccc(N2CCNC(=O)C2)cc1.I. The largest absolute Gasteiger partial charge is 0.360 e. The molecular weight excluding hydrogens is 465 g/mol. The number of allylic oxidation sites excluding steroid dienone is 1. The molecule has 0 aromatic heterocycles. The maximum absolute atomic E-state index is 11.5. The summed E-state index contributed by atoms with van der Waals surface area (Å²) in [6.07, 6.45) is 8.65. The molecule has 154 valence electrons. The van der Waals surface area contributed by atoms with Crippen molar-refractivity contribution in [2.75, 3.05) is 38.1 Å². The van der Waals surface area contributed by atoms with Gasteiger partial charge in [0.15, 0.2) is 5.96 Å². The number of amides is 1. The number of carbonyl (C=O) groups excluding carboxylic acids is 1. The van der Waals surface area contributed by atoms with E-state index in [0.717, 1.165) is 37.7 Å². The fraction of sp³-hybridized carbons (Fsp3) is 0.524. The lowest BCUT2D eigenvalue weighted by atomic mass is 9.97. The number of guanidine groups is 1. The zero-order chi connectivity index (χ0) is 18.9. The molecule has 0 atom stereocenters. The first kappa shape index (κ1) is 22.5. The molecule has 7 heteroatoms. The van der Waals surface area contributed by atoms with Crippen LogP contribution in [0.2, 0.25) is 0 Å². The molecule has 2 aliphatic rings. The summed E-state index contributed by atoms with van der Waals surface area (Å²) in [4.78, 5) is 17.9. The highest BCUT2D eigenvalue weighted by atomic mass is 127. The van der Waals surface area contributed by atoms with Crippen molar-refractivity contribution >= 4 is 41.5 Å². The number of hydrogen-bond acceptors (Lipinski definition) is 3. The Hall–Kier alpha value is -1.77. The third-order valence-electron chi connectivity index (χ3n) is 5.15. The molecule has 6 nitrogen and oxygen atoms in total. The maximum Gasteiger partial charge on any atom is 0.239 e. The first-order valence-electron chi connectivity index (χ1n) is 9.97. The Morgan fingerprint density at radius 1 is 1.21 bits per heavy atom. The van der Waals surface area contributed by atoms with Crippen molar-refractivity contribution in [2.24, 2.45) is 4.99 Å². The number of aliphatic imine (C=N–C) groups is 1. The third kappa shape index (κ3) is 7.00. The number of hydrogen-bond donors (Lipinski definition) is 3. The molecular formula is C21H32IN5O. The number of piperazine rings is 1. The van der Waals surface area contributed by atoms with E-state index in [1.165, 1.54) is 31.2 Å². The van der Waals surface area contributed by atoms with Gasteiger partial charge in [0.1, 0.15) is 0 Å². The summed E-state index contributed by atoms with van der Waals surface area (Å²) in [7, 11) is 1.81. The van der Waals surface area contributed by atoms with Crippen LogP contribution >= 0.6 is 24.0 Å². The van der Waals surface area contributed by atoms with Crippen LogP contribution in [-0.4, -0.2) is 45.1 Å². The van der Waals surface area contributed by atoms with Crippen molar-refractivity contribution in [3.8, 4) is 0 Å². The highest BCUT2D eigenvalue weighted by Gasteiger charge is 2.16. The van der Waals surface area contributed by atoms with Crippen molar-refractivity contribution in [1.82, 2.24) is 16.0 Å². The van der Waals surface area contributed by atoms with Crippen LogP contribution in [0.4, 0.5) is 5.69 Å². The number of benzene rings is 1. The zero-order valence-electron chi connectivity index (χ0n) is 16.7. The van der Waals surface area contributed by atoms with E-state index in [1.54, 1.807) is 12.6 Å². The highest BCUT2D eigenvalue weighted by Crippen LogP contribution is 2.19. The van der Waals surface area contributed by atoms with E-state index in [2.05, 4.69) is 56.2 Å². The molecule has 1 heterocycles. The molecule has 0 radical (unpaired) electrons.